The zero-order valence-corrected chi connectivity index (χ0v) is 18.0. The van der Waals surface area contributed by atoms with Crippen molar-refractivity contribution in [1.29, 1.82) is 0 Å². The zero-order chi connectivity index (χ0) is 18.5. The van der Waals surface area contributed by atoms with Crippen LogP contribution in [-0.4, -0.2) is 35.5 Å². The number of methoxy groups -OCH3 is 1. The van der Waals surface area contributed by atoms with E-state index in [4.69, 9.17) is 4.74 Å². The van der Waals surface area contributed by atoms with Gasteiger partial charge in [0, 0.05) is 13.0 Å². The van der Waals surface area contributed by atoms with E-state index in [9.17, 15) is 9.90 Å². The Kier molecular flexibility index (Phi) is 5.33. The molecule has 4 fully saturated rings. The highest BCUT2D eigenvalue weighted by Gasteiger charge is 2.58. The first kappa shape index (κ1) is 19.4. The molecule has 0 aliphatic heterocycles. The molecule has 0 aromatic carbocycles. The lowest BCUT2D eigenvalue weighted by Gasteiger charge is -2.57. The predicted molar refractivity (Wildman–Crippen MR) is 106 cm³/mol. The Morgan fingerprint density at radius 2 is 1.85 bits per heavy atom. The van der Waals surface area contributed by atoms with Crippen molar-refractivity contribution in [1.82, 2.24) is 0 Å². The lowest BCUT2D eigenvalue weighted by atomic mass is 9.49. The van der Waals surface area contributed by atoms with Gasteiger partial charge >= 0.3 is 0 Å². The van der Waals surface area contributed by atoms with Crippen molar-refractivity contribution in [2.24, 2.45) is 40.9 Å². The summed E-state index contributed by atoms with van der Waals surface area (Å²) in [5.41, 5.74) is -0.350. The van der Waals surface area contributed by atoms with Crippen LogP contribution >= 0.6 is 15.9 Å². The summed E-state index contributed by atoms with van der Waals surface area (Å²) in [6.07, 6.45) is 10.5. The summed E-state index contributed by atoms with van der Waals surface area (Å²) in [5.74, 6) is 4.58. The normalized spacial score (nSPS) is 50.6. The number of rotatable bonds is 4. The highest BCUT2D eigenvalue weighted by molar-refractivity contribution is 9.09. The maximum atomic E-state index is 12.5. The average Bonchev–Trinajstić information content (AvgIpc) is 2.98. The zero-order valence-electron chi connectivity index (χ0n) is 16.4. The van der Waals surface area contributed by atoms with Crippen molar-refractivity contribution in [3.63, 3.8) is 0 Å². The van der Waals surface area contributed by atoms with Crippen molar-refractivity contribution in [3.8, 4) is 0 Å². The molecule has 8 atom stereocenters. The van der Waals surface area contributed by atoms with Gasteiger partial charge in [0.2, 0.25) is 0 Å². The molecule has 4 saturated carbocycles. The molecule has 1 N–H and O–H groups in total. The van der Waals surface area contributed by atoms with Gasteiger partial charge in [0.25, 0.3) is 0 Å². The van der Waals surface area contributed by atoms with Crippen molar-refractivity contribution in [2.45, 2.75) is 70.3 Å². The molecular weight excluding hydrogens is 392 g/mol. The van der Waals surface area contributed by atoms with Crippen molar-refractivity contribution in [3.05, 3.63) is 0 Å². The first-order valence-corrected chi connectivity index (χ1v) is 11.8. The van der Waals surface area contributed by atoms with Crippen LogP contribution in [0.15, 0.2) is 0 Å². The van der Waals surface area contributed by atoms with Crippen molar-refractivity contribution in [2.75, 3.05) is 19.0 Å². The lowest BCUT2D eigenvalue weighted by molar-refractivity contribution is -0.134. The van der Waals surface area contributed by atoms with Gasteiger partial charge in [0.1, 0.15) is 5.78 Å². The molecule has 3 nitrogen and oxygen atoms in total. The Labute approximate surface area is 166 Å². The minimum atomic E-state index is -0.591. The molecule has 26 heavy (non-hydrogen) atoms. The second-order valence-corrected chi connectivity index (χ2v) is 10.7. The van der Waals surface area contributed by atoms with Crippen LogP contribution in [0.4, 0.5) is 0 Å². The summed E-state index contributed by atoms with van der Waals surface area (Å²) in [6, 6.07) is 0. The topological polar surface area (TPSA) is 46.5 Å². The third-order valence-corrected chi connectivity index (χ3v) is 9.59. The lowest BCUT2D eigenvalue weighted by Crippen LogP contribution is -2.52. The van der Waals surface area contributed by atoms with Gasteiger partial charge in [-0.25, -0.2) is 0 Å². The van der Waals surface area contributed by atoms with Gasteiger partial charge < -0.3 is 9.84 Å². The van der Waals surface area contributed by atoms with Crippen LogP contribution < -0.4 is 0 Å². The van der Waals surface area contributed by atoms with Crippen LogP contribution in [0.1, 0.15) is 64.7 Å². The van der Waals surface area contributed by atoms with Gasteiger partial charge in [0.05, 0.1) is 17.5 Å². The number of Topliss-reactive ketones (excluding diaryl/α,β-unsaturated/α-hetero) is 1. The van der Waals surface area contributed by atoms with E-state index in [1.807, 2.05) is 0 Å². The molecule has 4 rings (SSSR count). The molecule has 4 aliphatic carbocycles. The molecule has 4 heteroatoms. The molecule has 0 aromatic rings. The summed E-state index contributed by atoms with van der Waals surface area (Å²) in [7, 11) is 1.70. The quantitative estimate of drug-likeness (QED) is 0.668. The van der Waals surface area contributed by atoms with Crippen LogP contribution in [0.25, 0.3) is 0 Å². The largest absolute Gasteiger partial charge is 0.387 e. The van der Waals surface area contributed by atoms with E-state index in [1.165, 1.54) is 38.5 Å². The fraction of sp³-hybridized carbons (Fsp3) is 0.955. The Morgan fingerprint density at radius 3 is 2.58 bits per heavy atom. The molecule has 0 unspecified atom stereocenters. The van der Waals surface area contributed by atoms with Crippen molar-refractivity contribution < 1.29 is 14.6 Å². The average molecular weight is 427 g/mol. The van der Waals surface area contributed by atoms with E-state index >= 15 is 0 Å². The third kappa shape index (κ3) is 3.03. The Bertz CT molecular complexity index is 552. The fourth-order valence-corrected chi connectivity index (χ4v) is 8.38. The molecule has 0 bridgehead atoms. The number of ether oxygens (including phenoxy) is 1. The van der Waals surface area contributed by atoms with Gasteiger partial charge in [-0.3, -0.25) is 4.79 Å². The molecule has 0 spiro atoms. The molecule has 0 aromatic heterocycles. The highest BCUT2D eigenvalue weighted by Crippen LogP contribution is 2.64. The number of alkyl halides is 1. The number of halogens is 1. The molecular formula is C22H35BrO3. The third-order valence-electron chi connectivity index (χ3n) is 9.04. The summed E-state index contributed by atoms with van der Waals surface area (Å²) in [5, 5.41) is 11.4. The van der Waals surface area contributed by atoms with Crippen LogP contribution in [0.5, 0.6) is 0 Å². The Morgan fingerprint density at radius 1 is 1.08 bits per heavy atom. The van der Waals surface area contributed by atoms with Gasteiger partial charge in [0.15, 0.2) is 0 Å². The molecule has 148 valence electrons. The smallest absolute Gasteiger partial charge is 0.147 e. The maximum absolute atomic E-state index is 12.5. The highest BCUT2D eigenvalue weighted by atomic mass is 79.9. The van der Waals surface area contributed by atoms with Gasteiger partial charge in [-0.1, -0.05) is 22.9 Å². The number of carbonyl (C=O) groups excluding carboxylic acids is 1. The first-order valence-electron chi connectivity index (χ1n) is 10.7. The summed E-state index contributed by atoms with van der Waals surface area (Å²) in [4.78, 5) is 12.5. The number of ketones is 1. The van der Waals surface area contributed by atoms with Gasteiger partial charge in [-0.2, -0.15) is 0 Å². The van der Waals surface area contributed by atoms with Crippen LogP contribution in [0, 0.1) is 40.9 Å². The second-order valence-electron chi connectivity index (χ2n) is 10.1. The van der Waals surface area contributed by atoms with Crippen molar-refractivity contribution >= 4 is 21.7 Å². The SMILES string of the molecule is COC[C@@]1(O)CC[C@H]2[C@H](CC[C@@H]3[C@@H]2CC[C@]2(C)[C@@H](C(=O)CBr)CC[C@@H]32)C1. The number of carbonyl (C=O) groups is 1. The van der Waals surface area contributed by atoms with E-state index < -0.39 is 5.60 Å². The van der Waals surface area contributed by atoms with E-state index in [2.05, 4.69) is 22.9 Å². The van der Waals surface area contributed by atoms with E-state index in [0.717, 1.165) is 42.9 Å². The number of hydrogen-bond acceptors (Lipinski definition) is 3. The predicted octanol–water partition coefficient (Wildman–Crippen LogP) is 4.60. The van der Waals surface area contributed by atoms with Crippen LogP contribution in [-0.2, 0) is 9.53 Å². The first-order chi connectivity index (χ1) is 12.4. The fourth-order valence-electron chi connectivity index (χ4n) is 7.98. The van der Waals surface area contributed by atoms with E-state index in [1.54, 1.807) is 7.11 Å². The molecule has 0 radical (unpaired) electrons. The Hall–Kier alpha value is 0.0700. The van der Waals surface area contributed by atoms with E-state index in [-0.39, 0.29) is 11.3 Å². The number of fused-ring (bicyclic) bond motifs is 5. The number of aliphatic hydroxyl groups is 1. The standard InChI is InChI=1S/C22H35BrO3/c1-21-9-7-16-15-8-10-22(25,13-26-2)11-14(15)3-4-17(16)18(21)5-6-19(21)20(24)12-23/h14-19,25H,3-13H2,1-2H3/t14-,15+,16-,17-,18+,19-,21+,22-/m1/s1. The summed E-state index contributed by atoms with van der Waals surface area (Å²) in [6.45, 7) is 2.91. The molecule has 0 heterocycles. The van der Waals surface area contributed by atoms with Crippen LogP contribution in [0.3, 0.4) is 0 Å². The molecule has 0 amide bonds. The maximum Gasteiger partial charge on any atom is 0.147 e. The minimum Gasteiger partial charge on any atom is -0.387 e. The molecule has 0 saturated heterocycles. The Balaban J connectivity index is 1.50. The minimum absolute atomic E-state index is 0.240. The number of hydrogen-bond donors (Lipinski definition) is 1. The second kappa shape index (κ2) is 7.15. The summed E-state index contributed by atoms with van der Waals surface area (Å²) >= 11 is 3.42. The summed E-state index contributed by atoms with van der Waals surface area (Å²) < 4.78 is 5.30. The monoisotopic (exact) mass is 426 g/mol. The molecule has 4 aliphatic rings. The van der Waals surface area contributed by atoms with Gasteiger partial charge in [-0.05, 0) is 92.8 Å². The van der Waals surface area contributed by atoms with Gasteiger partial charge in [-0.15, -0.1) is 0 Å². The van der Waals surface area contributed by atoms with Crippen LogP contribution in [0.2, 0.25) is 0 Å². The van der Waals surface area contributed by atoms with E-state index in [0.29, 0.717) is 23.6 Å².